The van der Waals surface area contributed by atoms with Crippen molar-refractivity contribution in [2.45, 2.75) is 19.5 Å². The Morgan fingerprint density at radius 2 is 2.35 bits per heavy atom. The van der Waals surface area contributed by atoms with E-state index >= 15 is 0 Å². The van der Waals surface area contributed by atoms with Gasteiger partial charge in [-0.05, 0) is 45.2 Å². The quantitative estimate of drug-likeness (QED) is 0.812. The highest BCUT2D eigenvalue weighted by Crippen LogP contribution is 2.22. The second kappa shape index (κ2) is 4.80. The van der Waals surface area contributed by atoms with Crippen molar-refractivity contribution in [1.82, 2.24) is 9.47 Å². The van der Waals surface area contributed by atoms with Gasteiger partial charge in [-0.2, -0.15) is 0 Å². The molecule has 0 saturated carbocycles. The van der Waals surface area contributed by atoms with Gasteiger partial charge in [0.25, 0.3) is 0 Å². The van der Waals surface area contributed by atoms with Gasteiger partial charge in [0, 0.05) is 35.1 Å². The Morgan fingerprint density at radius 1 is 1.53 bits per heavy atom. The summed E-state index contributed by atoms with van der Waals surface area (Å²) >= 11 is 0. The van der Waals surface area contributed by atoms with Crippen LogP contribution in [0.4, 0.5) is 0 Å². The van der Waals surface area contributed by atoms with E-state index in [1.165, 1.54) is 7.05 Å². The van der Waals surface area contributed by atoms with Crippen LogP contribution in [0, 0.1) is 0 Å². The predicted octanol–water partition coefficient (Wildman–Crippen LogP) is 2.60. The fourth-order valence-electron chi connectivity index (χ4n) is 1.80. The van der Waals surface area contributed by atoms with Crippen LogP contribution >= 0.6 is 0 Å². The van der Waals surface area contributed by atoms with E-state index in [1.807, 2.05) is 35.0 Å². The van der Waals surface area contributed by atoms with Crippen molar-refractivity contribution in [1.29, 1.82) is 0 Å². The van der Waals surface area contributed by atoms with Gasteiger partial charge in [0.05, 0.1) is 7.11 Å². The molecule has 0 fully saturated rings. The summed E-state index contributed by atoms with van der Waals surface area (Å²) < 4.78 is 37.8. The average Bonchev–Trinajstić information content (AvgIpc) is 2.78. The van der Waals surface area contributed by atoms with Gasteiger partial charge in [-0.15, -0.1) is 0 Å². The molecular weight excluding hydrogens is 212 g/mol. The summed E-state index contributed by atoms with van der Waals surface area (Å²) in [5, 5.41) is 1.00. The molecule has 0 bridgehead atoms. The fraction of sp³-hybridized carbons (Fsp3) is 0.429. The van der Waals surface area contributed by atoms with Crippen molar-refractivity contribution in [3.8, 4) is 5.75 Å². The molecule has 1 heterocycles. The highest BCUT2D eigenvalue weighted by Gasteiger charge is 2.08. The van der Waals surface area contributed by atoms with Crippen molar-refractivity contribution >= 4 is 10.9 Å². The molecule has 0 N–H and O–H groups in total. The van der Waals surface area contributed by atoms with Crippen LogP contribution in [0.1, 0.15) is 12.4 Å². The van der Waals surface area contributed by atoms with Crippen LogP contribution in [0.15, 0.2) is 30.5 Å². The van der Waals surface area contributed by atoms with E-state index in [2.05, 4.69) is 0 Å². The van der Waals surface area contributed by atoms with Gasteiger partial charge in [-0.3, -0.25) is 0 Å². The monoisotopic (exact) mass is 236 g/mol. The van der Waals surface area contributed by atoms with Gasteiger partial charge in [0.15, 0.2) is 0 Å². The smallest absolute Gasteiger partial charge is 0.119 e. The van der Waals surface area contributed by atoms with Crippen LogP contribution in [0.3, 0.4) is 0 Å². The molecule has 3 nitrogen and oxygen atoms in total. The number of hydrogen-bond acceptors (Lipinski definition) is 2. The lowest BCUT2D eigenvalue weighted by molar-refractivity contribution is 0.286. The van der Waals surface area contributed by atoms with Gasteiger partial charge in [-0.25, -0.2) is 0 Å². The van der Waals surface area contributed by atoms with Crippen LogP contribution in [0.25, 0.3) is 10.9 Å². The molecule has 0 saturated heterocycles. The molecular formula is C14H20N2O. The Kier molecular flexibility index (Phi) is 2.19. The predicted molar refractivity (Wildman–Crippen MR) is 71.6 cm³/mol. The first-order valence-corrected chi connectivity index (χ1v) is 5.52. The molecule has 0 aliphatic heterocycles. The third-order valence-electron chi connectivity index (χ3n) is 2.95. The second-order valence-electron chi connectivity index (χ2n) is 4.16. The molecule has 92 valence electrons. The standard InChI is InChI=1S/C14H20N2O/c1-11(15(2)3)10-16-8-7-12-9-13(17-4)5-6-14(12)16/h5-9,11H,10H2,1-4H3/t11-/m1/s1/i2D3,11D. The number of nitrogens with zero attached hydrogens (tertiary/aromatic N) is 2. The molecule has 0 unspecified atom stereocenters. The summed E-state index contributed by atoms with van der Waals surface area (Å²) in [6.07, 6.45) is 1.87. The number of rotatable bonds is 4. The average molecular weight is 236 g/mol. The van der Waals surface area contributed by atoms with Crippen LogP contribution in [-0.2, 0) is 6.54 Å². The van der Waals surface area contributed by atoms with E-state index in [0.717, 1.165) is 21.6 Å². The maximum Gasteiger partial charge on any atom is 0.119 e. The zero-order valence-corrected chi connectivity index (χ0v) is 10.4. The molecule has 1 aromatic heterocycles. The van der Waals surface area contributed by atoms with Gasteiger partial charge in [0.1, 0.15) is 5.75 Å². The summed E-state index contributed by atoms with van der Waals surface area (Å²) in [5.74, 6) is 0.772. The van der Waals surface area contributed by atoms with Gasteiger partial charge < -0.3 is 14.2 Å². The highest BCUT2D eigenvalue weighted by atomic mass is 16.5. The van der Waals surface area contributed by atoms with Crippen molar-refractivity contribution in [3.63, 3.8) is 0 Å². The summed E-state index contributed by atoms with van der Waals surface area (Å²) in [4.78, 5) is 1.11. The first-order chi connectivity index (χ1) is 9.65. The van der Waals surface area contributed by atoms with Crippen molar-refractivity contribution < 1.29 is 10.2 Å². The molecule has 0 radical (unpaired) electrons. The minimum absolute atomic E-state index is 0.262. The first kappa shape index (κ1) is 7.77. The van der Waals surface area contributed by atoms with Gasteiger partial charge >= 0.3 is 0 Å². The van der Waals surface area contributed by atoms with Gasteiger partial charge in [0.2, 0.25) is 0 Å². The molecule has 0 spiro atoms. The maximum atomic E-state index is 8.34. The Labute approximate surface area is 108 Å². The highest BCUT2D eigenvalue weighted by molar-refractivity contribution is 5.81. The number of likely N-dealkylation sites (N-methyl/N-ethyl adjacent to an activating group) is 1. The third-order valence-corrected chi connectivity index (χ3v) is 2.95. The molecule has 1 atom stereocenters. The number of methoxy groups -OCH3 is 1. The molecule has 17 heavy (non-hydrogen) atoms. The van der Waals surface area contributed by atoms with Crippen LogP contribution < -0.4 is 4.74 Å². The maximum absolute atomic E-state index is 8.34. The largest absolute Gasteiger partial charge is 0.497 e. The van der Waals surface area contributed by atoms with E-state index < -0.39 is 13.0 Å². The molecule has 1 aromatic carbocycles. The number of benzene rings is 1. The summed E-state index contributed by atoms with van der Waals surface area (Å²) in [7, 11) is 3.07. The number of aromatic nitrogens is 1. The SMILES string of the molecule is [2H]C([2H])([2H])N(C)[C@]([2H])(C)Cn1ccc2cc(OC)ccc21. The summed E-state index contributed by atoms with van der Waals surface area (Å²) in [6, 6.07) is 6.38. The van der Waals surface area contributed by atoms with Crippen molar-refractivity contribution in [2.24, 2.45) is 0 Å². The zero-order chi connectivity index (χ0) is 15.8. The molecule has 0 aliphatic rings. The van der Waals surface area contributed by atoms with Crippen molar-refractivity contribution in [3.05, 3.63) is 30.5 Å². The summed E-state index contributed by atoms with van der Waals surface area (Å²) in [5.41, 5.74) is 0.952. The Morgan fingerprint density at radius 3 is 3.06 bits per heavy atom. The molecule has 2 aromatic rings. The van der Waals surface area contributed by atoms with E-state index in [4.69, 9.17) is 10.2 Å². The Balaban J connectivity index is 2.31. The molecule has 0 amide bonds. The third kappa shape index (κ3) is 2.44. The topological polar surface area (TPSA) is 17.4 Å². The number of fused-ring (bicyclic) bond motifs is 1. The normalized spacial score (nSPS) is 19.3. The van der Waals surface area contributed by atoms with E-state index in [1.54, 1.807) is 14.0 Å². The minimum Gasteiger partial charge on any atom is -0.497 e. The fourth-order valence-corrected chi connectivity index (χ4v) is 1.80. The van der Waals surface area contributed by atoms with Crippen LogP contribution in [0.5, 0.6) is 5.75 Å². The molecule has 3 heteroatoms. The Hall–Kier alpha value is -1.48. The summed E-state index contributed by atoms with van der Waals surface area (Å²) in [6.45, 7) is -0.422. The van der Waals surface area contributed by atoms with Gasteiger partial charge in [-0.1, -0.05) is 0 Å². The Bertz CT molecular complexity index is 633. The molecule has 2 rings (SSSR count). The van der Waals surface area contributed by atoms with E-state index in [0.29, 0.717) is 0 Å². The minimum atomic E-state index is -2.29. The number of ether oxygens (including phenoxy) is 1. The van der Waals surface area contributed by atoms with Crippen molar-refractivity contribution in [2.75, 3.05) is 21.1 Å². The van der Waals surface area contributed by atoms with E-state index in [9.17, 15) is 0 Å². The van der Waals surface area contributed by atoms with Crippen LogP contribution in [0.2, 0.25) is 0 Å². The lowest BCUT2D eigenvalue weighted by atomic mass is 10.2. The molecule has 0 aliphatic carbocycles. The lowest BCUT2D eigenvalue weighted by Crippen LogP contribution is -2.28. The van der Waals surface area contributed by atoms with Crippen LogP contribution in [-0.4, -0.2) is 36.6 Å². The number of hydrogen-bond donors (Lipinski definition) is 0. The second-order valence-corrected chi connectivity index (χ2v) is 4.16. The van der Waals surface area contributed by atoms with E-state index in [-0.39, 0.29) is 6.54 Å². The zero-order valence-electron chi connectivity index (χ0n) is 14.4. The lowest BCUT2D eigenvalue weighted by Gasteiger charge is -2.20. The first-order valence-electron chi connectivity index (χ1n) is 7.52.